The van der Waals surface area contributed by atoms with Crippen LogP contribution in [0.3, 0.4) is 0 Å². The predicted molar refractivity (Wildman–Crippen MR) is 90.3 cm³/mol. The molecule has 0 aliphatic rings. The Kier molecular flexibility index (Phi) is 4.63. The maximum Gasteiger partial charge on any atom is 0.313 e. The molecule has 6 heteroatoms. The third-order valence-corrected chi connectivity index (χ3v) is 4.26. The molecule has 0 atom stereocenters. The monoisotopic (exact) mass is 404 g/mol. The van der Waals surface area contributed by atoms with Crippen molar-refractivity contribution in [1.82, 2.24) is 9.55 Å². The van der Waals surface area contributed by atoms with E-state index in [1.54, 1.807) is 0 Å². The van der Waals surface area contributed by atoms with E-state index in [0.29, 0.717) is 0 Å². The van der Waals surface area contributed by atoms with Crippen LogP contribution in [-0.4, -0.2) is 26.4 Å². The number of aliphatic carboxylic acids is 1. The highest BCUT2D eigenvalue weighted by atomic mass is 127. The van der Waals surface area contributed by atoms with Crippen LogP contribution in [0.25, 0.3) is 11.0 Å². The van der Waals surface area contributed by atoms with Crippen LogP contribution >= 0.6 is 34.4 Å². The molecule has 0 fully saturated rings. The lowest BCUT2D eigenvalue weighted by Crippen LogP contribution is -2.16. The number of imidazole rings is 1. The summed E-state index contributed by atoms with van der Waals surface area (Å²) in [4.78, 5) is 15.4. The van der Waals surface area contributed by atoms with Gasteiger partial charge in [0.2, 0.25) is 0 Å². The summed E-state index contributed by atoms with van der Waals surface area (Å²) in [6.07, 6.45) is 0. The number of carboxylic acid groups (broad SMARTS) is 1. The number of hydrogen-bond acceptors (Lipinski definition) is 3. The lowest BCUT2D eigenvalue weighted by molar-refractivity contribution is -0.133. The smallest absolute Gasteiger partial charge is 0.313 e. The summed E-state index contributed by atoms with van der Waals surface area (Å²) in [6.45, 7) is 7.30. The fourth-order valence-corrected chi connectivity index (χ4v) is 3.15. The molecule has 2 aromatic rings. The Morgan fingerprint density at radius 2 is 2.15 bits per heavy atom. The zero-order valence-electron chi connectivity index (χ0n) is 11.7. The quantitative estimate of drug-likeness (QED) is 0.621. The van der Waals surface area contributed by atoms with Gasteiger partial charge in [-0.15, -0.1) is 0 Å². The molecule has 0 spiro atoms. The lowest BCUT2D eigenvalue weighted by Gasteiger charge is -2.20. The second-order valence-corrected chi connectivity index (χ2v) is 8.04. The minimum atomic E-state index is -0.820. The van der Waals surface area contributed by atoms with Crippen LogP contribution in [-0.2, 0) is 11.3 Å². The van der Waals surface area contributed by atoms with Crippen molar-refractivity contribution >= 4 is 51.4 Å². The molecule has 1 heterocycles. The van der Waals surface area contributed by atoms with Crippen molar-refractivity contribution in [2.24, 2.45) is 5.41 Å². The number of hydrogen-bond donors (Lipinski definition) is 1. The largest absolute Gasteiger partial charge is 0.481 e. The first-order valence-electron chi connectivity index (χ1n) is 6.27. The topological polar surface area (TPSA) is 55.1 Å². The number of benzene rings is 1. The molecule has 0 unspecified atom stereocenters. The first kappa shape index (κ1) is 15.6. The Labute approximate surface area is 136 Å². The van der Waals surface area contributed by atoms with E-state index in [9.17, 15) is 4.79 Å². The Morgan fingerprint density at radius 3 is 2.75 bits per heavy atom. The molecule has 4 nitrogen and oxygen atoms in total. The maximum atomic E-state index is 10.8. The number of carbonyl (C=O) groups is 1. The molecule has 0 saturated carbocycles. The number of thioether (sulfide) groups is 1. The summed E-state index contributed by atoms with van der Waals surface area (Å²) in [6, 6.07) is 6.13. The van der Waals surface area contributed by atoms with Gasteiger partial charge < -0.3 is 9.67 Å². The van der Waals surface area contributed by atoms with Crippen molar-refractivity contribution in [3.05, 3.63) is 21.8 Å². The van der Waals surface area contributed by atoms with E-state index in [2.05, 4.69) is 65.0 Å². The van der Waals surface area contributed by atoms with Gasteiger partial charge >= 0.3 is 5.97 Å². The molecule has 1 aromatic carbocycles. The van der Waals surface area contributed by atoms with Crippen LogP contribution in [0, 0.1) is 8.99 Å². The third-order valence-electron chi connectivity index (χ3n) is 2.63. The molecule has 0 aliphatic carbocycles. The molecule has 1 N–H and O–H groups in total. The Morgan fingerprint density at radius 1 is 1.45 bits per heavy atom. The van der Waals surface area contributed by atoms with Crippen molar-refractivity contribution in [3.8, 4) is 0 Å². The SMILES string of the molecule is CC(C)(C)Cn1c(SCC(=O)O)nc2cc(I)ccc21. The number of nitrogens with zero attached hydrogens (tertiary/aromatic N) is 2. The molecular weight excluding hydrogens is 387 g/mol. The van der Waals surface area contributed by atoms with Gasteiger partial charge in [-0.1, -0.05) is 32.5 Å². The van der Waals surface area contributed by atoms with E-state index in [0.717, 1.165) is 26.3 Å². The molecular formula is C14H17IN2O2S. The van der Waals surface area contributed by atoms with E-state index >= 15 is 0 Å². The number of carboxylic acids is 1. The van der Waals surface area contributed by atoms with Gasteiger partial charge in [0.1, 0.15) is 0 Å². The zero-order chi connectivity index (χ0) is 14.9. The summed E-state index contributed by atoms with van der Waals surface area (Å²) < 4.78 is 3.25. The standard InChI is InChI=1S/C14H17IN2O2S/c1-14(2,3)8-17-11-5-4-9(15)6-10(11)16-13(17)20-7-12(18)19/h4-6H,7-8H2,1-3H3,(H,18,19). The van der Waals surface area contributed by atoms with Crippen molar-refractivity contribution in [1.29, 1.82) is 0 Å². The minimum Gasteiger partial charge on any atom is -0.481 e. The van der Waals surface area contributed by atoms with Crippen molar-refractivity contribution in [3.63, 3.8) is 0 Å². The number of halogens is 1. The van der Waals surface area contributed by atoms with Gasteiger partial charge in [-0.05, 0) is 46.2 Å². The minimum absolute atomic E-state index is 0.0323. The number of fused-ring (bicyclic) bond motifs is 1. The van der Waals surface area contributed by atoms with Gasteiger partial charge in [-0.25, -0.2) is 4.98 Å². The second-order valence-electron chi connectivity index (χ2n) is 5.86. The van der Waals surface area contributed by atoms with Crippen LogP contribution in [0.1, 0.15) is 20.8 Å². The van der Waals surface area contributed by atoms with Gasteiger partial charge in [-0.3, -0.25) is 4.79 Å². The Hall–Kier alpha value is -0.760. The van der Waals surface area contributed by atoms with Gasteiger partial charge in [0, 0.05) is 10.1 Å². The van der Waals surface area contributed by atoms with Crippen LogP contribution < -0.4 is 0 Å². The highest BCUT2D eigenvalue weighted by Gasteiger charge is 2.18. The van der Waals surface area contributed by atoms with Crippen LogP contribution in [0.2, 0.25) is 0 Å². The molecule has 0 radical (unpaired) electrons. The molecule has 0 aliphatic heterocycles. The van der Waals surface area contributed by atoms with Crippen molar-refractivity contribution < 1.29 is 9.90 Å². The number of aromatic nitrogens is 2. The van der Waals surface area contributed by atoms with Gasteiger partial charge in [0.05, 0.1) is 16.8 Å². The fourth-order valence-electron chi connectivity index (χ4n) is 1.94. The maximum absolute atomic E-state index is 10.8. The molecule has 108 valence electrons. The summed E-state index contributed by atoms with van der Waals surface area (Å²) in [5, 5.41) is 9.64. The average molecular weight is 404 g/mol. The molecule has 2 rings (SSSR count). The molecule has 0 amide bonds. The van der Waals surface area contributed by atoms with E-state index in [1.165, 1.54) is 11.8 Å². The molecule has 0 bridgehead atoms. The van der Waals surface area contributed by atoms with Gasteiger partial charge in [0.15, 0.2) is 5.16 Å². The lowest BCUT2D eigenvalue weighted by atomic mass is 9.97. The van der Waals surface area contributed by atoms with Crippen LogP contribution in [0.5, 0.6) is 0 Å². The van der Waals surface area contributed by atoms with Crippen LogP contribution in [0.4, 0.5) is 0 Å². The molecule has 20 heavy (non-hydrogen) atoms. The summed E-state index contributed by atoms with van der Waals surface area (Å²) in [7, 11) is 0. The first-order chi connectivity index (χ1) is 9.26. The summed E-state index contributed by atoms with van der Waals surface area (Å²) in [5.41, 5.74) is 2.09. The zero-order valence-corrected chi connectivity index (χ0v) is 14.7. The van der Waals surface area contributed by atoms with Gasteiger partial charge in [-0.2, -0.15) is 0 Å². The summed E-state index contributed by atoms with van der Waals surface area (Å²) in [5.74, 6) is -0.788. The first-order valence-corrected chi connectivity index (χ1v) is 8.33. The normalized spacial score (nSPS) is 12.0. The Balaban J connectivity index is 2.47. The third kappa shape index (κ3) is 3.88. The second kappa shape index (κ2) is 5.93. The van der Waals surface area contributed by atoms with Crippen molar-refractivity contribution in [2.75, 3.05) is 5.75 Å². The average Bonchev–Trinajstić information content (AvgIpc) is 2.62. The summed E-state index contributed by atoms with van der Waals surface area (Å²) >= 11 is 3.54. The number of rotatable bonds is 4. The fraction of sp³-hybridized carbons (Fsp3) is 0.429. The van der Waals surface area contributed by atoms with E-state index in [4.69, 9.17) is 5.11 Å². The highest BCUT2D eigenvalue weighted by molar-refractivity contribution is 14.1. The highest BCUT2D eigenvalue weighted by Crippen LogP contribution is 2.29. The molecule has 0 saturated heterocycles. The van der Waals surface area contributed by atoms with Gasteiger partial charge in [0.25, 0.3) is 0 Å². The van der Waals surface area contributed by atoms with E-state index < -0.39 is 5.97 Å². The Bertz CT molecular complexity index is 646. The van der Waals surface area contributed by atoms with Crippen LogP contribution in [0.15, 0.2) is 23.4 Å². The molecule has 1 aromatic heterocycles. The van der Waals surface area contributed by atoms with Crippen molar-refractivity contribution in [2.45, 2.75) is 32.5 Å². The predicted octanol–water partition coefficient (Wildman–Crippen LogP) is 3.86. The van der Waals surface area contributed by atoms with E-state index in [-0.39, 0.29) is 11.2 Å². The van der Waals surface area contributed by atoms with E-state index in [1.807, 2.05) is 6.07 Å².